The summed E-state index contributed by atoms with van der Waals surface area (Å²) in [6.07, 6.45) is 2.64. The van der Waals surface area contributed by atoms with E-state index in [1.165, 1.54) is 5.56 Å². The molecule has 7 nitrogen and oxygen atoms in total. The summed E-state index contributed by atoms with van der Waals surface area (Å²) < 4.78 is 39.4. The minimum atomic E-state index is -3.61. The van der Waals surface area contributed by atoms with Gasteiger partial charge in [0.2, 0.25) is 10.0 Å². The molecule has 0 saturated carbocycles. The highest BCUT2D eigenvalue weighted by Gasteiger charge is 2.33. The first kappa shape index (κ1) is 25.5. The summed E-state index contributed by atoms with van der Waals surface area (Å²) in [4.78, 5) is 4.75. The third-order valence-corrected chi connectivity index (χ3v) is 8.20. The van der Waals surface area contributed by atoms with E-state index in [4.69, 9.17) is 9.47 Å². The minimum Gasteiger partial charge on any atom is -0.497 e. The van der Waals surface area contributed by atoms with Gasteiger partial charge in [-0.2, -0.15) is 4.31 Å². The quantitative estimate of drug-likeness (QED) is 0.498. The van der Waals surface area contributed by atoms with Gasteiger partial charge in [0, 0.05) is 31.7 Å². The van der Waals surface area contributed by atoms with E-state index < -0.39 is 10.0 Å². The zero-order chi connectivity index (χ0) is 23.8. The fraction of sp³-hybridized carbons (Fsp3) is 0.520. The highest BCUT2D eigenvalue weighted by molar-refractivity contribution is 7.89. The third-order valence-electron chi connectivity index (χ3n) is 6.26. The van der Waals surface area contributed by atoms with Crippen LogP contribution in [0.1, 0.15) is 18.4 Å². The molecular formula is C25H37N3O4S. The van der Waals surface area contributed by atoms with E-state index in [2.05, 4.69) is 17.0 Å². The van der Waals surface area contributed by atoms with Gasteiger partial charge in [0.05, 0.1) is 19.1 Å². The molecule has 0 bridgehead atoms. The van der Waals surface area contributed by atoms with Gasteiger partial charge in [0.25, 0.3) is 0 Å². The van der Waals surface area contributed by atoms with Crippen LogP contribution in [-0.4, -0.2) is 89.6 Å². The zero-order valence-electron chi connectivity index (χ0n) is 20.2. The van der Waals surface area contributed by atoms with E-state index in [1.807, 2.05) is 31.1 Å². The van der Waals surface area contributed by atoms with Gasteiger partial charge >= 0.3 is 0 Å². The lowest BCUT2D eigenvalue weighted by atomic mass is 10.0. The highest BCUT2D eigenvalue weighted by atomic mass is 32.2. The molecule has 0 unspecified atom stereocenters. The third kappa shape index (κ3) is 6.93. The van der Waals surface area contributed by atoms with Crippen LogP contribution in [0.2, 0.25) is 0 Å². The topological polar surface area (TPSA) is 62.3 Å². The molecule has 1 heterocycles. The maximum atomic E-state index is 13.6. The van der Waals surface area contributed by atoms with Crippen molar-refractivity contribution in [3.05, 3.63) is 54.1 Å². The molecule has 0 N–H and O–H groups in total. The predicted molar refractivity (Wildman–Crippen MR) is 132 cm³/mol. The predicted octanol–water partition coefficient (Wildman–Crippen LogP) is 2.96. The molecule has 0 atom stereocenters. The van der Waals surface area contributed by atoms with Gasteiger partial charge in [-0.3, -0.25) is 0 Å². The van der Waals surface area contributed by atoms with Crippen LogP contribution in [0, 0.1) is 0 Å². The first-order valence-electron chi connectivity index (χ1n) is 11.5. The van der Waals surface area contributed by atoms with Crippen LogP contribution < -0.4 is 9.47 Å². The Morgan fingerprint density at radius 2 is 1.61 bits per heavy atom. The lowest BCUT2D eigenvalue weighted by molar-refractivity contribution is 0.155. The summed E-state index contributed by atoms with van der Waals surface area (Å²) in [7, 11) is 3.56. The molecule has 0 aromatic heterocycles. The van der Waals surface area contributed by atoms with Gasteiger partial charge < -0.3 is 19.3 Å². The number of methoxy groups -OCH3 is 2. The lowest BCUT2D eigenvalue weighted by Crippen LogP contribution is -2.49. The van der Waals surface area contributed by atoms with Gasteiger partial charge in [-0.05, 0) is 76.3 Å². The second kappa shape index (κ2) is 11.8. The van der Waals surface area contributed by atoms with Crippen LogP contribution in [0.4, 0.5) is 0 Å². The van der Waals surface area contributed by atoms with Crippen molar-refractivity contribution in [3.8, 4) is 11.5 Å². The van der Waals surface area contributed by atoms with Gasteiger partial charge in [-0.25, -0.2) is 8.42 Å². The maximum absolute atomic E-state index is 13.6. The summed E-state index contributed by atoms with van der Waals surface area (Å²) in [5, 5.41) is 0. The molecule has 1 aliphatic rings. The van der Waals surface area contributed by atoms with Gasteiger partial charge in [-0.1, -0.05) is 18.2 Å². The Morgan fingerprint density at radius 3 is 2.21 bits per heavy atom. The van der Waals surface area contributed by atoms with Crippen molar-refractivity contribution in [1.82, 2.24) is 14.1 Å². The minimum absolute atomic E-state index is 0.00149. The van der Waals surface area contributed by atoms with Crippen LogP contribution in [0.15, 0.2) is 53.4 Å². The fourth-order valence-corrected chi connectivity index (χ4v) is 5.92. The van der Waals surface area contributed by atoms with Crippen LogP contribution >= 0.6 is 0 Å². The van der Waals surface area contributed by atoms with Crippen LogP contribution in [-0.2, 0) is 16.4 Å². The Hall–Kier alpha value is -2.13. The molecule has 182 valence electrons. The monoisotopic (exact) mass is 475 g/mol. The van der Waals surface area contributed by atoms with Crippen molar-refractivity contribution in [2.24, 2.45) is 0 Å². The molecule has 0 spiro atoms. The van der Waals surface area contributed by atoms with Gasteiger partial charge in [-0.15, -0.1) is 0 Å². The van der Waals surface area contributed by atoms with Gasteiger partial charge in [0.15, 0.2) is 0 Å². The Morgan fingerprint density at radius 1 is 0.939 bits per heavy atom. The summed E-state index contributed by atoms with van der Waals surface area (Å²) in [6, 6.07) is 15.0. The smallest absolute Gasteiger partial charge is 0.243 e. The van der Waals surface area contributed by atoms with Crippen LogP contribution in [0.3, 0.4) is 0 Å². The average molecular weight is 476 g/mol. The number of hydrogen-bond donors (Lipinski definition) is 0. The molecule has 0 radical (unpaired) electrons. The van der Waals surface area contributed by atoms with Crippen molar-refractivity contribution < 1.29 is 17.9 Å². The van der Waals surface area contributed by atoms with E-state index in [-0.39, 0.29) is 6.04 Å². The van der Waals surface area contributed by atoms with Crippen molar-refractivity contribution in [3.63, 3.8) is 0 Å². The molecule has 2 aromatic carbocycles. The number of likely N-dealkylation sites (tertiary alicyclic amines) is 1. The van der Waals surface area contributed by atoms with Crippen LogP contribution in [0.5, 0.6) is 11.5 Å². The number of hydrogen-bond acceptors (Lipinski definition) is 6. The first-order valence-corrected chi connectivity index (χ1v) is 12.9. The average Bonchev–Trinajstić information content (AvgIpc) is 2.83. The molecule has 8 heteroatoms. The van der Waals surface area contributed by atoms with Gasteiger partial charge in [0.1, 0.15) is 11.5 Å². The summed E-state index contributed by atoms with van der Waals surface area (Å²) in [6.45, 7) is 3.92. The van der Waals surface area contributed by atoms with E-state index in [1.54, 1.807) is 42.8 Å². The zero-order valence-corrected chi connectivity index (χ0v) is 21.1. The number of nitrogens with zero attached hydrogens (tertiary/aromatic N) is 3. The van der Waals surface area contributed by atoms with Crippen molar-refractivity contribution in [2.75, 3.05) is 61.0 Å². The molecule has 3 rings (SSSR count). The van der Waals surface area contributed by atoms with Crippen molar-refractivity contribution in [1.29, 1.82) is 0 Å². The van der Waals surface area contributed by atoms with E-state index >= 15 is 0 Å². The number of sulfonamides is 1. The number of ether oxygens (including phenoxy) is 2. The van der Waals surface area contributed by atoms with Crippen molar-refractivity contribution >= 4 is 10.0 Å². The first-order chi connectivity index (χ1) is 15.8. The molecule has 2 aromatic rings. The molecule has 1 fully saturated rings. The Balaban J connectivity index is 1.64. The Kier molecular flexibility index (Phi) is 9.14. The lowest BCUT2D eigenvalue weighted by Gasteiger charge is -2.38. The fourth-order valence-electron chi connectivity index (χ4n) is 4.20. The summed E-state index contributed by atoms with van der Waals surface area (Å²) >= 11 is 0. The van der Waals surface area contributed by atoms with Crippen LogP contribution in [0.25, 0.3) is 0 Å². The molecule has 1 saturated heterocycles. The van der Waals surface area contributed by atoms with E-state index in [0.717, 1.165) is 44.6 Å². The molecule has 1 aliphatic heterocycles. The number of rotatable bonds is 11. The Bertz CT molecular complexity index is 971. The maximum Gasteiger partial charge on any atom is 0.243 e. The number of benzene rings is 2. The second-order valence-electron chi connectivity index (χ2n) is 8.77. The Labute approximate surface area is 198 Å². The largest absolute Gasteiger partial charge is 0.497 e. The molecule has 33 heavy (non-hydrogen) atoms. The summed E-state index contributed by atoms with van der Waals surface area (Å²) in [5.74, 6) is 1.42. The molecular weight excluding hydrogens is 438 g/mol. The molecule has 0 aliphatic carbocycles. The van der Waals surface area contributed by atoms with E-state index in [0.29, 0.717) is 23.7 Å². The normalized spacial score (nSPS) is 15.8. The molecule has 0 amide bonds. The highest BCUT2D eigenvalue weighted by Crippen LogP contribution is 2.26. The van der Waals surface area contributed by atoms with E-state index in [9.17, 15) is 8.42 Å². The summed E-state index contributed by atoms with van der Waals surface area (Å²) in [5.41, 5.74) is 1.28. The van der Waals surface area contributed by atoms with Crippen molar-refractivity contribution in [2.45, 2.75) is 30.2 Å². The number of likely N-dealkylation sites (N-methyl/N-ethyl adjacent to an activating group) is 1. The standard InChI is InChI=1S/C25H37N3O4S/c1-26(2)18-19-28(33(29,30)25-7-5-6-24(20-25)32-4)22-13-16-27(17-14-22)15-12-21-8-10-23(31-3)11-9-21/h5-11,20,22H,12-19H2,1-4H3. The SMILES string of the molecule is COc1ccc(CCN2CCC(N(CCN(C)C)S(=O)(=O)c3cccc(OC)c3)CC2)cc1. The second-order valence-corrected chi connectivity index (χ2v) is 10.7. The number of piperidine rings is 1.